The van der Waals surface area contributed by atoms with Crippen molar-refractivity contribution in [1.82, 2.24) is 10.2 Å². The second-order valence-corrected chi connectivity index (χ2v) is 9.54. The van der Waals surface area contributed by atoms with Gasteiger partial charge in [0.25, 0.3) is 5.91 Å². The molecule has 0 aromatic heterocycles. The quantitative estimate of drug-likeness (QED) is 0.387. The van der Waals surface area contributed by atoms with Crippen LogP contribution in [0.4, 0.5) is 0 Å². The molecule has 3 aromatic rings. The van der Waals surface area contributed by atoms with Gasteiger partial charge in [-0.3, -0.25) is 9.59 Å². The molecule has 0 fully saturated rings. The third-order valence-corrected chi connectivity index (χ3v) is 5.78. The van der Waals surface area contributed by atoms with Crippen LogP contribution in [0.25, 0.3) is 0 Å². The first-order valence-electron chi connectivity index (χ1n) is 11.9. The Morgan fingerprint density at radius 2 is 1.66 bits per heavy atom. The lowest BCUT2D eigenvalue weighted by Gasteiger charge is -2.31. The number of hydrogen-bond acceptors (Lipinski definition) is 3. The zero-order valence-electron chi connectivity index (χ0n) is 20.5. The highest BCUT2D eigenvalue weighted by molar-refractivity contribution is 6.30. The topological polar surface area (TPSA) is 58.6 Å². The molecule has 0 unspecified atom stereocenters. The Labute approximate surface area is 213 Å². The van der Waals surface area contributed by atoms with Crippen LogP contribution < -0.4 is 10.1 Å². The van der Waals surface area contributed by atoms with E-state index in [1.165, 1.54) is 0 Å². The maximum absolute atomic E-state index is 13.6. The highest BCUT2D eigenvalue weighted by Crippen LogP contribution is 2.19. The predicted molar refractivity (Wildman–Crippen MR) is 140 cm³/mol. The molecule has 3 aromatic carbocycles. The molecule has 0 radical (unpaired) electrons. The van der Waals surface area contributed by atoms with E-state index in [0.717, 1.165) is 16.7 Å². The summed E-state index contributed by atoms with van der Waals surface area (Å²) in [7, 11) is 0. The summed E-state index contributed by atoms with van der Waals surface area (Å²) in [6, 6.07) is 23.9. The molecule has 1 atom stereocenters. The predicted octanol–water partition coefficient (Wildman–Crippen LogP) is 5.44. The maximum Gasteiger partial charge on any atom is 0.261 e. The van der Waals surface area contributed by atoms with Gasteiger partial charge >= 0.3 is 0 Å². The Hall–Kier alpha value is -3.31. The van der Waals surface area contributed by atoms with E-state index < -0.39 is 6.04 Å². The Morgan fingerprint density at radius 3 is 2.34 bits per heavy atom. The Bertz CT molecular complexity index is 1120. The van der Waals surface area contributed by atoms with Crippen LogP contribution in [0.2, 0.25) is 5.02 Å². The second-order valence-electron chi connectivity index (χ2n) is 9.10. The number of amides is 2. The smallest absolute Gasteiger partial charge is 0.261 e. The van der Waals surface area contributed by atoms with Crippen molar-refractivity contribution in [2.75, 3.05) is 13.2 Å². The Kier molecular flexibility index (Phi) is 9.74. The third-order valence-electron chi connectivity index (χ3n) is 5.55. The van der Waals surface area contributed by atoms with Gasteiger partial charge in [0.1, 0.15) is 11.8 Å². The van der Waals surface area contributed by atoms with E-state index in [2.05, 4.69) is 5.32 Å². The van der Waals surface area contributed by atoms with Gasteiger partial charge in [-0.1, -0.05) is 80.0 Å². The van der Waals surface area contributed by atoms with Crippen LogP contribution in [0.5, 0.6) is 5.75 Å². The lowest BCUT2D eigenvalue weighted by Crippen LogP contribution is -2.52. The number of aryl methyl sites for hydroxylation is 1. The summed E-state index contributed by atoms with van der Waals surface area (Å²) in [5, 5.41) is 3.60. The van der Waals surface area contributed by atoms with Crippen molar-refractivity contribution in [3.05, 3.63) is 101 Å². The van der Waals surface area contributed by atoms with Crippen LogP contribution in [-0.2, 0) is 22.6 Å². The average Bonchev–Trinajstić information content (AvgIpc) is 2.84. The first-order valence-corrected chi connectivity index (χ1v) is 12.2. The molecule has 6 heteroatoms. The number of hydrogen-bond donors (Lipinski definition) is 1. The van der Waals surface area contributed by atoms with Gasteiger partial charge in [0.15, 0.2) is 6.61 Å². The van der Waals surface area contributed by atoms with Crippen molar-refractivity contribution in [3.63, 3.8) is 0 Å². The van der Waals surface area contributed by atoms with Gasteiger partial charge in [0.2, 0.25) is 5.91 Å². The summed E-state index contributed by atoms with van der Waals surface area (Å²) in [6.07, 6.45) is 0.390. The van der Waals surface area contributed by atoms with Crippen molar-refractivity contribution >= 4 is 23.4 Å². The number of carbonyl (C=O) groups excluding carboxylic acids is 2. The summed E-state index contributed by atoms with van der Waals surface area (Å²) in [5.74, 6) is 0.448. The lowest BCUT2D eigenvalue weighted by molar-refractivity contribution is -0.142. The molecule has 0 heterocycles. The molecular weight excluding hydrogens is 460 g/mol. The van der Waals surface area contributed by atoms with Crippen molar-refractivity contribution in [3.8, 4) is 5.75 Å². The Balaban J connectivity index is 1.90. The monoisotopic (exact) mass is 492 g/mol. The van der Waals surface area contributed by atoms with Gasteiger partial charge in [-0.25, -0.2) is 0 Å². The first kappa shape index (κ1) is 26.3. The molecule has 5 nitrogen and oxygen atoms in total. The summed E-state index contributed by atoms with van der Waals surface area (Å²) < 4.78 is 5.82. The Morgan fingerprint density at radius 1 is 0.943 bits per heavy atom. The summed E-state index contributed by atoms with van der Waals surface area (Å²) in [6.45, 7) is 6.64. The van der Waals surface area contributed by atoms with Crippen molar-refractivity contribution < 1.29 is 14.3 Å². The van der Waals surface area contributed by atoms with Crippen LogP contribution in [0, 0.1) is 12.8 Å². The first-order chi connectivity index (χ1) is 16.8. The van der Waals surface area contributed by atoms with Crippen LogP contribution in [0.15, 0.2) is 78.9 Å². The maximum atomic E-state index is 13.6. The molecule has 0 saturated heterocycles. The normalized spacial score (nSPS) is 11.7. The average molecular weight is 493 g/mol. The van der Waals surface area contributed by atoms with E-state index in [-0.39, 0.29) is 30.9 Å². The van der Waals surface area contributed by atoms with Gasteiger partial charge in [-0.05, 0) is 53.8 Å². The fraction of sp³-hybridized carbons (Fsp3) is 0.310. The minimum atomic E-state index is -0.705. The second kappa shape index (κ2) is 13.0. The highest BCUT2D eigenvalue weighted by atomic mass is 35.5. The fourth-order valence-corrected chi connectivity index (χ4v) is 3.95. The SMILES string of the molecule is Cc1cccc(OCC(=O)N(Cc2cccc(Cl)c2)[C@H](Cc2ccccc2)C(=O)NCC(C)C)c1. The van der Waals surface area contributed by atoms with E-state index in [0.29, 0.717) is 23.7 Å². The van der Waals surface area contributed by atoms with Crippen LogP contribution in [0.1, 0.15) is 30.5 Å². The number of carbonyl (C=O) groups is 2. The molecule has 0 aliphatic carbocycles. The molecule has 0 saturated carbocycles. The molecular formula is C29H33ClN2O3. The van der Waals surface area contributed by atoms with Crippen molar-refractivity contribution in [1.29, 1.82) is 0 Å². The number of halogens is 1. The molecule has 35 heavy (non-hydrogen) atoms. The van der Waals surface area contributed by atoms with E-state index >= 15 is 0 Å². The fourth-order valence-electron chi connectivity index (χ4n) is 3.74. The number of rotatable bonds is 11. The molecule has 0 aliphatic heterocycles. The van der Waals surface area contributed by atoms with Gasteiger partial charge in [0, 0.05) is 24.5 Å². The zero-order chi connectivity index (χ0) is 25.2. The highest BCUT2D eigenvalue weighted by Gasteiger charge is 2.30. The third kappa shape index (κ3) is 8.45. The van der Waals surface area contributed by atoms with Crippen molar-refractivity contribution in [2.24, 2.45) is 5.92 Å². The molecule has 0 aliphatic rings. The van der Waals surface area contributed by atoms with Gasteiger partial charge in [-0.2, -0.15) is 0 Å². The molecule has 3 rings (SSSR count). The molecule has 2 amide bonds. The van der Waals surface area contributed by atoms with Crippen LogP contribution in [-0.4, -0.2) is 35.9 Å². The lowest BCUT2D eigenvalue weighted by atomic mass is 10.0. The largest absolute Gasteiger partial charge is 0.484 e. The minimum absolute atomic E-state index is 0.174. The summed E-state index contributed by atoms with van der Waals surface area (Å²) in [5.41, 5.74) is 2.86. The molecule has 1 N–H and O–H groups in total. The zero-order valence-corrected chi connectivity index (χ0v) is 21.3. The molecule has 0 bridgehead atoms. The molecule has 0 spiro atoms. The van der Waals surface area contributed by atoms with Crippen LogP contribution in [0.3, 0.4) is 0 Å². The van der Waals surface area contributed by atoms with E-state index in [1.54, 1.807) is 11.0 Å². The standard InChI is InChI=1S/C29H33ClN2O3/c1-21(2)18-31-29(34)27(17-23-10-5-4-6-11-23)32(19-24-12-8-13-25(30)16-24)28(33)20-35-26-14-7-9-22(3)15-26/h4-16,21,27H,17-20H2,1-3H3,(H,31,34)/t27-/m1/s1. The number of ether oxygens (including phenoxy) is 1. The van der Waals surface area contributed by atoms with Gasteiger partial charge in [0.05, 0.1) is 0 Å². The van der Waals surface area contributed by atoms with Gasteiger partial charge in [-0.15, -0.1) is 0 Å². The minimum Gasteiger partial charge on any atom is -0.484 e. The van der Waals surface area contributed by atoms with Gasteiger partial charge < -0.3 is 15.0 Å². The molecule has 184 valence electrons. The number of nitrogens with zero attached hydrogens (tertiary/aromatic N) is 1. The van der Waals surface area contributed by atoms with Crippen molar-refractivity contribution in [2.45, 2.75) is 39.8 Å². The van der Waals surface area contributed by atoms with E-state index in [1.807, 2.05) is 93.6 Å². The summed E-state index contributed by atoms with van der Waals surface area (Å²) in [4.78, 5) is 28.6. The summed E-state index contributed by atoms with van der Waals surface area (Å²) >= 11 is 6.21. The van der Waals surface area contributed by atoms with Crippen LogP contribution >= 0.6 is 11.6 Å². The number of benzene rings is 3. The number of nitrogens with one attached hydrogen (secondary N) is 1. The van der Waals surface area contributed by atoms with E-state index in [9.17, 15) is 9.59 Å². The van der Waals surface area contributed by atoms with E-state index in [4.69, 9.17) is 16.3 Å².